The number of ketones is 1. The zero-order chi connectivity index (χ0) is 16.7. The lowest BCUT2D eigenvalue weighted by Gasteiger charge is -2.23. The maximum Gasteiger partial charge on any atom is 0.198 e. The molecule has 4 nitrogen and oxygen atoms in total. The average molecular weight is 331 g/mol. The highest BCUT2D eigenvalue weighted by molar-refractivity contribution is 6.36. The molecule has 0 atom stereocenters. The van der Waals surface area contributed by atoms with E-state index in [0.717, 1.165) is 16.7 Å². The SMILES string of the molecule is COc1cc2c(c(C=O)c1Cl)C(=O)c1c(cc(C)cc1OC)C2. The summed E-state index contributed by atoms with van der Waals surface area (Å²) in [6.45, 7) is 1.95. The summed E-state index contributed by atoms with van der Waals surface area (Å²) in [4.78, 5) is 24.5. The van der Waals surface area contributed by atoms with Crippen molar-refractivity contribution in [3.05, 3.63) is 56.6 Å². The Morgan fingerprint density at radius 1 is 1.04 bits per heavy atom. The number of hydrogen-bond acceptors (Lipinski definition) is 4. The van der Waals surface area contributed by atoms with Crippen molar-refractivity contribution in [1.29, 1.82) is 0 Å². The maximum absolute atomic E-state index is 13.0. The number of carbonyl (C=O) groups excluding carboxylic acids is 2. The van der Waals surface area contributed by atoms with E-state index in [1.54, 1.807) is 6.07 Å². The van der Waals surface area contributed by atoms with Crippen LogP contribution in [0.1, 0.15) is 43.0 Å². The lowest BCUT2D eigenvalue weighted by atomic mass is 9.81. The van der Waals surface area contributed by atoms with Crippen LogP contribution in [0.2, 0.25) is 5.02 Å². The minimum Gasteiger partial charge on any atom is -0.496 e. The first-order valence-corrected chi connectivity index (χ1v) is 7.46. The molecule has 0 heterocycles. The van der Waals surface area contributed by atoms with Crippen molar-refractivity contribution in [1.82, 2.24) is 0 Å². The minimum absolute atomic E-state index is 0.157. The first kappa shape index (κ1) is 15.6. The Labute approximate surface area is 139 Å². The van der Waals surface area contributed by atoms with Gasteiger partial charge in [-0.3, -0.25) is 9.59 Å². The molecule has 2 aromatic rings. The van der Waals surface area contributed by atoms with Crippen molar-refractivity contribution in [3.8, 4) is 11.5 Å². The third kappa shape index (κ3) is 2.30. The molecule has 118 valence electrons. The molecule has 1 aliphatic rings. The molecule has 0 radical (unpaired) electrons. The quantitative estimate of drug-likeness (QED) is 0.688. The van der Waals surface area contributed by atoms with Crippen LogP contribution in [0, 0.1) is 6.92 Å². The molecule has 5 heteroatoms. The van der Waals surface area contributed by atoms with Crippen LogP contribution in [0.4, 0.5) is 0 Å². The Morgan fingerprint density at radius 3 is 2.30 bits per heavy atom. The van der Waals surface area contributed by atoms with E-state index in [4.69, 9.17) is 21.1 Å². The van der Waals surface area contributed by atoms with E-state index in [1.165, 1.54) is 14.2 Å². The Morgan fingerprint density at radius 2 is 1.70 bits per heavy atom. The summed E-state index contributed by atoms with van der Waals surface area (Å²) in [5.41, 5.74) is 3.61. The fourth-order valence-corrected chi connectivity index (χ4v) is 3.36. The van der Waals surface area contributed by atoms with E-state index in [9.17, 15) is 9.59 Å². The molecular formula is C18H15ClO4. The van der Waals surface area contributed by atoms with Crippen LogP contribution in [-0.2, 0) is 6.42 Å². The predicted octanol–water partition coefficient (Wildman–Crippen LogP) is 3.61. The number of methoxy groups -OCH3 is 2. The van der Waals surface area contributed by atoms with Crippen LogP contribution >= 0.6 is 11.6 Å². The third-order valence-corrected chi connectivity index (χ3v) is 4.46. The number of rotatable bonds is 3. The number of aryl methyl sites for hydroxylation is 1. The van der Waals surface area contributed by atoms with Gasteiger partial charge in [-0.2, -0.15) is 0 Å². The summed E-state index contributed by atoms with van der Waals surface area (Å²) in [5, 5.41) is 0.157. The molecule has 0 saturated carbocycles. The van der Waals surface area contributed by atoms with Gasteiger partial charge in [0.2, 0.25) is 0 Å². The van der Waals surface area contributed by atoms with Crippen molar-refractivity contribution in [2.45, 2.75) is 13.3 Å². The Balaban J connectivity index is 2.32. The summed E-state index contributed by atoms with van der Waals surface area (Å²) in [6.07, 6.45) is 1.12. The normalized spacial score (nSPS) is 12.4. The van der Waals surface area contributed by atoms with Crippen molar-refractivity contribution in [2.75, 3.05) is 14.2 Å². The van der Waals surface area contributed by atoms with Gasteiger partial charge in [0, 0.05) is 11.1 Å². The molecule has 23 heavy (non-hydrogen) atoms. The molecule has 0 saturated heterocycles. The van der Waals surface area contributed by atoms with E-state index in [1.807, 2.05) is 19.1 Å². The second-order valence-electron chi connectivity index (χ2n) is 5.47. The van der Waals surface area contributed by atoms with Gasteiger partial charge in [-0.1, -0.05) is 17.7 Å². The molecule has 1 aliphatic carbocycles. The van der Waals surface area contributed by atoms with Gasteiger partial charge < -0.3 is 9.47 Å². The highest BCUT2D eigenvalue weighted by atomic mass is 35.5. The number of fused-ring (bicyclic) bond motifs is 2. The van der Waals surface area contributed by atoms with Crippen LogP contribution in [0.5, 0.6) is 11.5 Å². The fraction of sp³-hybridized carbons (Fsp3) is 0.222. The van der Waals surface area contributed by atoms with Crippen LogP contribution < -0.4 is 9.47 Å². The van der Waals surface area contributed by atoms with E-state index < -0.39 is 0 Å². The van der Waals surface area contributed by atoms with Crippen molar-refractivity contribution in [2.24, 2.45) is 0 Å². The maximum atomic E-state index is 13.0. The zero-order valence-electron chi connectivity index (χ0n) is 13.0. The smallest absolute Gasteiger partial charge is 0.198 e. The number of aldehydes is 1. The lowest BCUT2D eigenvalue weighted by Crippen LogP contribution is -2.19. The van der Waals surface area contributed by atoms with Gasteiger partial charge >= 0.3 is 0 Å². The number of carbonyl (C=O) groups is 2. The lowest BCUT2D eigenvalue weighted by molar-refractivity contribution is 0.102. The van der Waals surface area contributed by atoms with E-state index in [-0.39, 0.29) is 16.4 Å². The second kappa shape index (κ2) is 5.70. The first-order valence-electron chi connectivity index (χ1n) is 7.08. The highest BCUT2D eigenvalue weighted by Gasteiger charge is 2.31. The van der Waals surface area contributed by atoms with Crippen LogP contribution in [-0.4, -0.2) is 26.3 Å². The summed E-state index contributed by atoms with van der Waals surface area (Å²) in [7, 11) is 3.01. The molecule has 0 spiro atoms. The number of halogens is 1. The standard InChI is InChI=1S/C18H15ClO4/c1-9-4-10-6-11-7-14(23-3)17(19)12(8-20)15(11)18(21)16(10)13(5-9)22-2/h4-5,7-8H,6H2,1-3H3. The van der Waals surface area contributed by atoms with Crippen molar-refractivity contribution >= 4 is 23.7 Å². The fourth-order valence-electron chi connectivity index (χ4n) is 3.09. The second-order valence-corrected chi connectivity index (χ2v) is 5.84. The molecule has 2 aromatic carbocycles. The van der Waals surface area contributed by atoms with Gasteiger partial charge in [0.05, 0.1) is 24.8 Å². The number of benzene rings is 2. The van der Waals surface area contributed by atoms with Gasteiger partial charge in [-0.15, -0.1) is 0 Å². The largest absolute Gasteiger partial charge is 0.496 e. The monoisotopic (exact) mass is 330 g/mol. The molecule has 0 fully saturated rings. The summed E-state index contributed by atoms with van der Waals surface area (Å²) >= 11 is 6.20. The molecular weight excluding hydrogens is 316 g/mol. The summed E-state index contributed by atoms with van der Waals surface area (Å²) in [5.74, 6) is 0.660. The summed E-state index contributed by atoms with van der Waals surface area (Å²) in [6, 6.07) is 5.49. The zero-order valence-corrected chi connectivity index (χ0v) is 13.8. The van der Waals surface area contributed by atoms with Gasteiger partial charge in [-0.05, 0) is 42.2 Å². The predicted molar refractivity (Wildman–Crippen MR) is 87.4 cm³/mol. The average Bonchev–Trinajstić information content (AvgIpc) is 2.53. The molecule has 0 N–H and O–H groups in total. The van der Waals surface area contributed by atoms with Gasteiger partial charge in [-0.25, -0.2) is 0 Å². The minimum atomic E-state index is -0.246. The van der Waals surface area contributed by atoms with Crippen LogP contribution in [0.3, 0.4) is 0 Å². The number of ether oxygens (including phenoxy) is 2. The first-order chi connectivity index (χ1) is 11.0. The molecule has 0 aliphatic heterocycles. The van der Waals surface area contributed by atoms with Crippen LogP contribution in [0.25, 0.3) is 0 Å². The molecule has 0 aromatic heterocycles. The highest BCUT2D eigenvalue weighted by Crippen LogP contribution is 2.40. The Bertz CT molecular complexity index is 840. The van der Waals surface area contributed by atoms with Gasteiger partial charge in [0.25, 0.3) is 0 Å². The Hall–Kier alpha value is -2.33. The van der Waals surface area contributed by atoms with Crippen molar-refractivity contribution in [3.63, 3.8) is 0 Å². The topological polar surface area (TPSA) is 52.6 Å². The van der Waals surface area contributed by atoms with E-state index in [0.29, 0.717) is 35.3 Å². The molecule has 3 rings (SSSR count). The summed E-state index contributed by atoms with van der Waals surface area (Å²) < 4.78 is 10.6. The van der Waals surface area contributed by atoms with Crippen LogP contribution in [0.15, 0.2) is 18.2 Å². The Kier molecular flexibility index (Phi) is 3.86. The third-order valence-electron chi connectivity index (χ3n) is 4.07. The van der Waals surface area contributed by atoms with Gasteiger partial charge in [0.15, 0.2) is 12.1 Å². The van der Waals surface area contributed by atoms with E-state index in [2.05, 4.69) is 0 Å². The van der Waals surface area contributed by atoms with E-state index >= 15 is 0 Å². The molecule has 0 bridgehead atoms. The van der Waals surface area contributed by atoms with Gasteiger partial charge in [0.1, 0.15) is 11.5 Å². The number of hydrogen-bond donors (Lipinski definition) is 0. The van der Waals surface area contributed by atoms with Crippen molar-refractivity contribution < 1.29 is 19.1 Å². The molecule has 0 amide bonds. The molecule has 0 unspecified atom stereocenters.